The molecule has 1 heteroatoms. The summed E-state index contributed by atoms with van der Waals surface area (Å²) in [5.74, 6) is 0. The Labute approximate surface area is 102 Å². The van der Waals surface area contributed by atoms with Gasteiger partial charge in [-0.15, -0.1) is 0 Å². The van der Waals surface area contributed by atoms with Crippen molar-refractivity contribution in [2.45, 2.75) is 12.8 Å². The molecule has 0 aliphatic heterocycles. The first kappa shape index (κ1) is 12.0. The van der Waals surface area contributed by atoms with Crippen LogP contribution in [-0.2, 0) is 12.8 Å². The molecule has 0 bridgehead atoms. The SMILES string of the molecule is [Br-].c1ccc(CCc2ccccc2)cc1. The Morgan fingerprint density at radius 3 is 1.20 bits per heavy atom. The molecule has 0 saturated heterocycles. The molecule has 2 aromatic carbocycles. The minimum atomic E-state index is 0. The minimum Gasteiger partial charge on any atom is -1.00 e. The van der Waals surface area contributed by atoms with Crippen LogP contribution >= 0.6 is 0 Å². The van der Waals surface area contributed by atoms with Crippen LogP contribution in [0.3, 0.4) is 0 Å². The lowest BCUT2D eigenvalue weighted by Gasteiger charge is -2.01. The van der Waals surface area contributed by atoms with Gasteiger partial charge in [-0.25, -0.2) is 0 Å². The molecule has 0 amide bonds. The first-order chi connectivity index (χ1) is 6.95. The van der Waals surface area contributed by atoms with Crippen molar-refractivity contribution < 1.29 is 17.0 Å². The van der Waals surface area contributed by atoms with Crippen LogP contribution in [0.2, 0.25) is 0 Å². The lowest BCUT2D eigenvalue weighted by atomic mass is 10.0. The van der Waals surface area contributed by atoms with E-state index in [2.05, 4.69) is 60.7 Å². The van der Waals surface area contributed by atoms with Crippen molar-refractivity contribution in [3.8, 4) is 0 Å². The summed E-state index contributed by atoms with van der Waals surface area (Å²) in [5.41, 5.74) is 2.83. The van der Waals surface area contributed by atoms with Gasteiger partial charge in [0.25, 0.3) is 0 Å². The van der Waals surface area contributed by atoms with E-state index < -0.39 is 0 Å². The number of hydrogen-bond donors (Lipinski definition) is 0. The lowest BCUT2D eigenvalue weighted by Crippen LogP contribution is -3.00. The molecule has 0 unspecified atom stereocenters. The van der Waals surface area contributed by atoms with Crippen LogP contribution in [0.1, 0.15) is 11.1 Å². The summed E-state index contributed by atoms with van der Waals surface area (Å²) in [5, 5.41) is 0. The molecule has 0 aromatic heterocycles. The zero-order valence-corrected chi connectivity index (χ0v) is 10.2. The summed E-state index contributed by atoms with van der Waals surface area (Å²) in [6, 6.07) is 21.2. The van der Waals surface area contributed by atoms with Gasteiger partial charge in [0.15, 0.2) is 0 Å². The van der Waals surface area contributed by atoms with E-state index >= 15 is 0 Å². The Hall–Kier alpha value is -1.08. The first-order valence-corrected chi connectivity index (χ1v) is 5.03. The average Bonchev–Trinajstić information content (AvgIpc) is 2.29. The van der Waals surface area contributed by atoms with E-state index in [0.717, 1.165) is 12.8 Å². The second kappa shape index (κ2) is 6.41. The Bertz CT molecular complexity index is 328. The van der Waals surface area contributed by atoms with Crippen LogP contribution in [-0.4, -0.2) is 0 Å². The van der Waals surface area contributed by atoms with Gasteiger partial charge in [0, 0.05) is 0 Å². The Morgan fingerprint density at radius 1 is 0.533 bits per heavy atom. The van der Waals surface area contributed by atoms with E-state index in [9.17, 15) is 0 Å². The number of hydrogen-bond acceptors (Lipinski definition) is 0. The van der Waals surface area contributed by atoms with Crippen molar-refractivity contribution in [1.29, 1.82) is 0 Å². The maximum absolute atomic E-state index is 2.18. The van der Waals surface area contributed by atoms with Gasteiger partial charge in [-0.2, -0.15) is 0 Å². The number of rotatable bonds is 3. The lowest BCUT2D eigenvalue weighted by molar-refractivity contribution is -0.00000280. The standard InChI is InChI=1S/C14H14.BrH/c1-3-7-13(8-4-1)11-12-14-9-5-2-6-10-14;/h1-10H,11-12H2;1H/p-1. The smallest absolute Gasteiger partial charge is 0.0238 e. The highest BCUT2D eigenvalue weighted by molar-refractivity contribution is 5.19. The van der Waals surface area contributed by atoms with E-state index in [0.29, 0.717) is 0 Å². The predicted molar refractivity (Wildman–Crippen MR) is 60.3 cm³/mol. The van der Waals surface area contributed by atoms with Crippen LogP contribution in [0.15, 0.2) is 60.7 Å². The summed E-state index contributed by atoms with van der Waals surface area (Å²) in [7, 11) is 0. The van der Waals surface area contributed by atoms with Gasteiger partial charge in [-0.3, -0.25) is 0 Å². The maximum Gasteiger partial charge on any atom is -0.0238 e. The zero-order chi connectivity index (χ0) is 9.64. The fraction of sp³-hybridized carbons (Fsp3) is 0.143. The van der Waals surface area contributed by atoms with Gasteiger partial charge in [-0.05, 0) is 24.0 Å². The molecule has 0 saturated carbocycles. The van der Waals surface area contributed by atoms with Crippen LogP contribution in [0, 0.1) is 0 Å². The molecule has 0 fully saturated rings. The number of benzene rings is 2. The molecule has 0 atom stereocenters. The van der Waals surface area contributed by atoms with Gasteiger partial charge in [0.1, 0.15) is 0 Å². The van der Waals surface area contributed by atoms with Gasteiger partial charge in [0.2, 0.25) is 0 Å². The molecule has 0 N–H and O–H groups in total. The summed E-state index contributed by atoms with van der Waals surface area (Å²) >= 11 is 0. The molecule has 0 radical (unpaired) electrons. The largest absolute Gasteiger partial charge is 1.00 e. The van der Waals surface area contributed by atoms with Crippen molar-refractivity contribution in [1.82, 2.24) is 0 Å². The molecule has 0 nitrogen and oxygen atoms in total. The van der Waals surface area contributed by atoms with Crippen molar-refractivity contribution in [2.24, 2.45) is 0 Å². The molecule has 15 heavy (non-hydrogen) atoms. The van der Waals surface area contributed by atoms with Crippen LogP contribution in [0.5, 0.6) is 0 Å². The van der Waals surface area contributed by atoms with Gasteiger partial charge in [-0.1, -0.05) is 60.7 Å². The highest BCUT2D eigenvalue weighted by Gasteiger charge is 1.93. The topological polar surface area (TPSA) is 0 Å². The maximum atomic E-state index is 2.18. The quantitative estimate of drug-likeness (QED) is 0.754. The summed E-state index contributed by atoms with van der Waals surface area (Å²) < 4.78 is 0. The normalized spacial score (nSPS) is 9.33. The third-order valence-electron chi connectivity index (χ3n) is 2.39. The molecule has 2 rings (SSSR count). The van der Waals surface area contributed by atoms with Crippen LogP contribution in [0.25, 0.3) is 0 Å². The predicted octanol–water partition coefficient (Wildman–Crippen LogP) is 0.476. The second-order valence-electron chi connectivity index (χ2n) is 3.47. The van der Waals surface area contributed by atoms with E-state index in [4.69, 9.17) is 0 Å². The number of halogens is 1. The summed E-state index contributed by atoms with van der Waals surface area (Å²) in [6.45, 7) is 0. The van der Waals surface area contributed by atoms with E-state index in [1.165, 1.54) is 11.1 Å². The molecular weight excluding hydrogens is 248 g/mol. The summed E-state index contributed by atoms with van der Waals surface area (Å²) in [4.78, 5) is 0. The minimum absolute atomic E-state index is 0. The molecule has 0 heterocycles. The van der Waals surface area contributed by atoms with E-state index in [-0.39, 0.29) is 17.0 Å². The van der Waals surface area contributed by atoms with Gasteiger partial charge in [0.05, 0.1) is 0 Å². The van der Waals surface area contributed by atoms with Gasteiger partial charge >= 0.3 is 0 Å². The third kappa shape index (κ3) is 3.88. The van der Waals surface area contributed by atoms with Crippen molar-refractivity contribution in [3.05, 3.63) is 71.8 Å². The highest BCUT2D eigenvalue weighted by Crippen LogP contribution is 2.06. The molecular formula is C14H14Br-. The van der Waals surface area contributed by atoms with E-state index in [1.54, 1.807) is 0 Å². The van der Waals surface area contributed by atoms with Crippen LogP contribution in [0.4, 0.5) is 0 Å². The monoisotopic (exact) mass is 261 g/mol. The summed E-state index contributed by atoms with van der Waals surface area (Å²) in [6.07, 6.45) is 2.26. The Morgan fingerprint density at radius 2 is 0.867 bits per heavy atom. The second-order valence-corrected chi connectivity index (χ2v) is 3.47. The fourth-order valence-electron chi connectivity index (χ4n) is 1.58. The Kier molecular flexibility index (Phi) is 5.13. The van der Waals surface area contributed by atoms with Crippen molar-refractivity contribution in [2.75, 3.05) is 0 Å². The number of aryl methyl sites for hydroxylation is 2. The highest BCUT2D eigenvalue weighted by atomic mass is 79.9. The first-order valence-electron chi connectivity index (χ1n) is 5.03. The molecule has 0 spiro atoms. The van der Waals surface area contributed by atoms with Crippen molar-refractivity contribution >= 4 is 0 Å². The zero-order valence-electron chi connectivity index (χ0n) is 8.57. The molecule has 2 aromatic rings. The fourth-order valence-corrected chi connectivity index (χ4v) is 1.58. The Balaban J connectivity index is 0.00000112. The molecule has 78 valence electrons. The average molecular weight is 262 g/mol. The van der Waals surface area contributed by atoms with Gasteiger partial charge < -0.3 is 17.0 Å². The van der Waals surface area contributed by atoms with Crippen LogP contribution < -0.4 is 17.0 Å². The molecule has 0 aliphatic carbocycles. The van der Waals surface area contributed by atoms with E-state index in [1.807, 2.05) is 0 Å². The molecule has 0 aliphatic rings. The third-order valence-corrected chi connectivity index (χ3v) is 2.39. The van der Waals surface area contributed by atoms with Crippen molar-refractivity contribution in [3.63, 3.8) is 0 Å².